The number of rotatable bonds is 2. The topological polar surface area (TPSA) is 50.2 Å². The summed E-state index contributed by atoms with van der Waals surface area (Å²) < 4.78 is 0. The fraction of sp³-hybridized carbons (Fsp3) is 0.333. The van der Waals surface area contributed by atoms with Gasteiger partial charge in [0.05, 0.1) is 5.01 Å². The Kier molecular flexibility index (Phi) is 4.99. The Hall–Kier alpha value is -1.16. The fourth-order valence-corrected chi connectivity index (χ4v) is 1.46. The van der Waals surface area contributed by atoms with Crippen molar-refractivity contribution < 1.29 is 9.90 Å². The summed E-state index contributed by atoms with van der Waals surface area (Å²) in [5.74, 6) is -0.638. The molecule has 0 aliphatic carbocycles. The van der Waals surface area contributed by atoms with Crippen molar-refractivity contribution in [2.24, 2.45) is 0 Å². The van der Waals surface area contributed by atoms with Gasteiger partial charge in [-0.2, -0.15) is 0 Å². The molecule has 0 amide bonds. The van der Waals surface area contributed by atoms with Crippen LogP contribution in [-0.4, -0.2) is 16.1 Å². The van der Waals surface area contributed by atoms with Crippen molar-refractivity contribution in [2.75, 3.05) is 0 Å². The van der Waals surface area contributed by atoms with E-state index < -0.39 is 5.97 Å². The molecule has 0 aromatic carbocycles. The third-order valence-electron chi connectivity index (χ3n) is 1.23. The molecule has 0 aliphatic heterocycles. The maximum absolute atomic E-state index is 10.4. The van der Waals surface area contributed by atoms with Crippen molar-refractivity contribution in [1.82, 2.24) is 4.98 Å². The number of aromatic carboxylic acids is 1. The predicted molar refractivity (Wildman–Crippen MR) is 54.4 cm³/mol. The molecule has 0 atom stereocenters. The van der Waals surface area contributed by atoms with Crippen molar-refractivity contribution in [3.63, 3.8) is 0 Å². The Bertz CT molecular complexity index is 281. The number of aromatic nitrogens is 1. The van der Waals surface area contributed by atoms with Gasteiger partial charge in [-0.3, -0.25) is 0 Å². The van der Waals surface area contributed by atoms with Crippen LogP contribution in [0.5, 0.6) is 0 Å². The van der Waals surface area contributed by atoms with Crippen LogP contribution in [0.2, 0.25) is 0 Å². The van der Waals surface area contributed by atoms with Crippen molar-refractivity contribution in [3.05, 3.63) is 29.2 Å². The molecule has 0 fully saturated rings. The molecule has 1 rings (SSSR count). The van der Waals surface area contributed by atoms with Gasteiger partial charge in [-0.1, -0.05) is 13.8 Å². The molecule has 1 heterocycles. The molecule has 0 radical (unpaired) electrons. The van der Waals surface area contributed by atoms with E-state index in [1.165, 1.54) is 11.3 Å². The van der Waals surface area contributed by atoms with Crippen LogP contribution in [0.1, 0.15) is 35.3 Å². The lowest BCUT2D eigenvalue weighted by Crippen LogP contribution is -1.97. The van der Waals surface area contributed by atoms with Crippen LogP contribution in [0.4, 0.5) is 0 Å². The molecule has 72 valence electrons. The van der Waals surface area contributed by atoms with Crippen molar-refractivity contribution in [3.8, 4) is 0 Å². The molecule has 1 aromatic rings. The van der Waals surface area contributed by atoms with E-state index in [2.05, 4.69) is 18.1 Å². The van der Waals surface area contributed by atoms with E-state index in [1.807, 2.05) is 13.8 Å². The van der Waals surface area contributed by atoms with Crippen LogP contribution >= 0.6 is 11.3 Å². The molecule has 0 unspecified atom stereocenters. The van der Waals surface area contributed by atoms with E-state index in [9.17, 15) is 4.79 Å². The van der Waals surface area contributed by atoms with Crippen LogP contribution < -0.4 is 0 Å². The van der Waals surface area contributed by atoms with E-state index in [-0.39, 0.29) is 5.69 Å². The highest BCUT2D eigenvalue weighted by Gasteiger charge is 2.09. The SMILES string of the molecule is C=C.CC(C)c1nc(C(=O)O)cs1. The van der Waals surface area contributed by atoms with Gasteiger partial charge in [0.2, 0.25) is 0 Å². The highest BCUT2D eigenvalue weighted by Crippen LogP contribution is 2.18. The van der Waals surface area contributed by atoms with Crippen LogP contribution in [0.25, 0.3) is 0 Å². The second-order valence-corrected chi connectivity index (χ2v) is 3.42. The van der Waals surface area contributed by atoms with Crippen molar-refractivity contribution in [1.29, 1.82) is 0 Å². The molecule has 0 saturated heterocycles. The second kappa shape index (κ2) is 5.48. The summed E-state index contributed by atoms with van der Waals surface area (Å²) in [6, 6.07) is 0. The number of carboxylic acids is 1. The average Bonchev–Trinajstić information content (AvgIpc) is 2.56. The fourth-order valence-electron chi connectivity index (χ4n) is 0.651. The lowest BCUT2D eigenvalue weighted by atomic mass is 10.2. The normalized spacial score (nSPS) is 9.15. The molecular formula is C9H13NO2S. The zero-order valence-corrected chi connectivity index (χ0v) is 8.60. The average molecular weight is 199 g/mol. The molecule has 0 spiro atoms. The summed E-state index contributed by atoms with van der Waals surface area (Å²) in [5, 5.41) is 11.0. The third-order valence-corrected chi connectivity index (χ3v) is 2.38. The second-order valence-electron chi connectivity index (χ2n) is 2.53. The zero-order chi connectivity index (χ0) is 10.4. The molecule has 0 aliphatic rings. The van der Waals surface area contributed by atoms with E-state index in [1.54, 1.807) is 5.38 Å². The highest BCUT2D eigenvalue weighted by molar-refractivity contribution is 7.09. The molecule has 0 bridgehead atoms. The number of carbonyl (C=O) groups is 1. The molecule has 13 heavy (non-hydrogen) atoms. The third kappa shape index (κ3) is 3.38. The minimum Gasteiger partial charge on any atom is -0.476 e. The molecule has 1 aromatic heterocycles. The molecule has 3 nitrogen and oxygen atoms in total. The first-order valence-electron chi connectivity index (χ1n) is 3.80. The summed E-state index contributed by atoms with van der Waals surface area (Å²) in [4.78, 5) is 14.3. The number of thiazole rings is 1. The van der Waals surface area contributed by atoms with Crippen molar-refractivity contribution in [2.45, 2.75) is 19.8 Å². The quantitative estimate of drug-likeness (QED) is 0.745. The summed E-state index contributed by atoms with van der Waals surface area (Å²) >= 11 is 1.39. The van der Waals surface area contributed by atoms with Crippen LogP contribution in [0.3, 0.4) is 0 Å². The van der Waals surface area contributed by atoms with Gasteiger partial charge in [-0.25, -0.2) is 9.78 Å². The van der Waals surface area contributed by atoms with Crippen molar-refractivity contribution >= 4 is 17.3 Å². The highest BCUT2D eigenvalue weighted by atomic mass is 32.1. The van der Waals surface area contributed by atoms with Gasteiger partial charge < -0.3 is 5.11 Å². The van der Waals surface area contributed by atoms with Gasteiger partial charge in [-0.15, -0.1) is 24.5 Å². The number of carboxylic acid groups (broad SMARTS) is 1. The molecule has 4 heteroatoms. The largest absolute Gasteiger partial charge is 0.476 e. The molecule has 1 N–H and O–H groups in total. The molecular weight excluding hydrogens is 186 g/mol. The first-order chi connectivity index (χ1) is 6.11. The predicted octanol–water partition coefficient (Wildman–Crippen LogP) is 2.77. The first-order valence-corrected chi connectivity index (χ1v) is 4.68. The van der Waals surface area contributed by atoms with E-state index >= 15 is 0 Å². The number of hydrogen-bond acceptors (Lipinski definition) is 3. The maximum Gasteiger partial charge on any atom is 0.355 e. The standard InChI is InChI=1S/C7H9NO2S.C2H4/c1-4(2)6-8-5(3-11-6)7(9)10;1-2/h3-4H,1-2H3,(H,9,10);1-2H2. The summed E-state index contributed by atoms with van der Waals surface area (Å²) in [7, 11) is 0. The smallest absolute Gasteiger partial charge is 0.355 e. The van der Waals surface area contributed by atoms with Gasteiger partial charge in [0, 0.05) is 11.3 Å². The van der Waals surface area contributed by atoms with E-state index in [0.29, 0.717) is 5.92 Å². The van der Waals surface area contributed by atoms with E-state index in [4.69, 9.17) is 5.11 Å². The lowest BCUT2D eigenvalue weighted by Gasteiger charge is -1.94. The van der Waals surface area contributed by atoms with Gasteiger partial charge >= 0.3 is 5.97 Å². The summed E-state index contributed by atoms with van der Waals surface area (Å²) in [6.45, 7) is 9.98. The number of hydrogen-bond donors (Lipinski definition) is 1. The van der Waals surface area contributed by atoms with Crippen LogP contribution in [0, 0.1) is 0 Å². The van der Waals surface area contributed by atoms with Gasteiger partial charge in [0.15, 0.2) is 5.69 Å². The van der Waals surface area contributed by atoms with Crippen LogP contribution in [-0.2, 0) is 0 Å². The minimum absolute atomic E-state index is 0.152. The summed E-state index contributed by atoms with van der Waals surface area (Å²) in [6.07, 6.45) is 0. The Morgan fingerprint density at radius 3 is 2.38 bits per heavy atom. The zero-order valence-electron chi connectivity index (χ0n) is 7.78. The number of nitrogens with zero attached hydrogens (tertiary/aromatic N) is 1. The first kappa shape index (κ1) is 11.8. The maximum atomic E-state index is 10.4. The monoisotopic (exact) mass is 199 g/mol. The Balaban J connectivity index is 0.000000671. The van der Waals surface area contributed by atoms with Gasteiger partial charge in [0.25, 0.3) is 0 Å². The van der Waals surface area contributed by atoms with E-state index in [0.717, 1.165) is 5.01 Å². The Labute approximate surface area is 81.8 Å². The lowest BCUT2D eigenvalue weighted by molar-refractivity contribution is 0.0691. The van der Waals surface area contributed by atoms with Gasteiger partial charge in [-0.05, 0) is 0 Å². The molecule has 0 saturated carbocycles. The Morgan fingerprint density at radius 2 is 2.15 bits per heavy atom. The summed E-state index contributed by atoms with van der Waals surface area (Å²) in [5.41, 5.74) is 0.152. The van der Waals surface area contributed by atoms with Crippen LogP contribution in [0.15, 0.2) is 18.5 Å². The minimum atomic E-state index is -0.951. The Morgan fingerprint density at radius 1 is 1.62 bits per heavy atom. The van der Waals surface area contributed by atoms with Gasteiger partial charge in [0.1, 0.15) is 0 Å².